The van der Waals surface area contributed by atoms with Crippen LogP contribution in [0.2, 0.25) is 5.02 Å². The van der Waals surface area contributed by atoms with Gasteiger partial charge in [0.25, 0.3) is 5.91 Å². The van der Waals surface area contributed by atoms with Crippen LogP contribution in [0, 0.1) is 0 Å². The molecule has 1 saturated heterocycles. The van der Waals surface area contributed by atoms with Crippen LogP contribution in [0.3, 0.4) is 0 Å². The molecule has 8 heteroatoms. The second-order valence-corrected chi connectivity index (χ2v) is 8.95. The fourth-order valence-corrected chi connectivity index (χ4v) is 4.92. The first kappa shape index (κ1) is 21.8. The van der Waals surface area contributed by atoms with Crippen molar-refractivity contribution in [3.63, 3.8) is 0 Å². The Morgan fingerprint density at radius 2 is 2.00 bits per heavy atom. The number of carbonyl (C=O) groups excluding carboxylic acids is 1. The van der Waals surface area contributed by atoms with Gasteiger partial charge in [0.15, 0.2) is 0 Å². The van der Waals surface area contributed by atoms with Gasteiger partial charge in [-0.05, 0) is 54.8 Å². The summed E-state index contributed by atoms with van der Waals surface area (Å²) in [5.41, 5.74) is 5.90. The molecule has 7 nitrogen and oxygen atoms in total. The van der Waals surface area contributed by atoms with E-state index in [1.807, 2.05) is 30.3 Å². The lowest BCUT2D eigenvalue weighted by Gasteiger charge is -2.36. The van der Waals surface area contributed by atoms with Crippen LogP contribution in [0.5, 0.6) is 5.75 Å². The van der Waals surface area contributed by atoms with E-state index >= 15 is 0 Å². The summed E-state index contributed by atoms with van der Waals surface area (Å²) in [4.78, 5) is 17.6. The highest BCUT2D eigenvalue weighted by Crippen LogP contribution is 2.35. The first-order valence-corrected chi connectivity index (χ1v) is 11.8. The molecule has 1 fully saturated rings. The second kappa shape index (κ2) is 9.45. The first-order valence-electron chi connectivity index (χ1n) is 11.4. The van der Waals surface area contributed by atoms with Crippen LogP contribution in [0.15, 0.2) is 42.5 Å². The predicted octanol–water partition coefficient (Wildman–Crippen LogP) is 3.39. The Bertz CT molecular complexity index is 1150. The quantitative estimate of drug-likeness (QED) is 0.583. The number of carbonyl (C=O) groups is 1. The number of methoxy groups -OCH3 is 1. The molecule has 1 amide bonds. The van der Waals surface area contributed by atoms with E-state index in [1.54, 1.807) is 7.11 Å². The van der Waals surface area contributed by atoms with Gasteiger partial charge in [0.2, 0.25) is 0 Å². The lowest BCUT2D eigenvalue weighted by molar-refractivity contribution is 0.0942. The van der Waals surface area contributed by atoms with Gasteiger partial charge in [-0.1, -0.05) is 17.7 Å². The molecular weight excluding hydrogens is 438 g/mol. The lowest BCUT2D eigenvalue weighted by Crippen LogP contribution is -2.48. The zero-order chi connectivity index (χ0) is 22.8. The van der Waals surface area contributed by atoms with Gasteiger partial charge in [0.1, 0.15) is 11.4 Å². The summed E-state index contributed by atoms with van der Waals surface area (Å²) in [7, 11) is 1.67. The zero-order valence-electron chi connectivity index (χ0n) is 18.7. The highest BCUT2D eigenvalue weighted by atomic mass is 35.5. The Morgan fingerprint density at radius 1 is 1.15 bits per heavy atom. The molecule has 2 heterocycles. The first-order chi connectivity index (χ1) is 16.1. The van der Waals surface area contributed by atoms with E-state index in [0.29, 0.717) is 12.2 Å². The summed E-state index contributed by atoms with van der Waals surface area (Å²) in [6.45, 7) is 5.26. The molecule has 1 aromatic heterocycles. The number of ether oxygens (including phenoxy) is 1. The van der Waals surface area contributed by atoms with Gasteiger partial charge in [0.05, 0.1) is 12.8 Å². The monoisotopic (exact) mass is 465 g/mol. The number of nitrogens with one attached hydrogen (secondary N) is 2. The van der Waals surface area contributed by atoms with Crippen LogP contribution in [0.1, 0.15) is 21.6 Å². The summed E-state index contributed by atoms with van der Waals surface area (Å²) >= 11 is 6.13. The number of H-pyrrole nitrogens is 1. The molecule has 172 valence electrons. The fourth-order valence-electron chi connectivity index (χ4n) is 4.73. The maximum atomic E-state index is 12.9. The summed E-state index contributed by atoms with van der Waals surface area (Å²) in [5.74, 6) is 0.761. The van der Waals surface area contributed by atoms with E-state index < -0.39 is 0 Å². The SMILES string of the molecule is COc1ccc2c(c1)CCc1c-2n[nH]c1C(=O)NCCN1CCN(c2cccc(Cl)c2)CC1. The molecule has 0 spiro atoms. The van der Waals surface area contributed by atoms with Crippen LogP contribution in [0.4, 0.5) is 5.69 Å². The standard InChI is InChI=1S/C25H28ClN5O2/c1-33-20-6-8-21-17(15-20)5-7-22-23(21)28-29-24(22)25(32)27-9-10-30-11-13-31(14-12-30)19-4-2-3-18(26)16-19/h2-4,6,8,15-16H,5,7,9-14H2,1H3,(H,27,32)(H,28,29). The molecule has 0 atom stereocenters. The van der Waals surface area contributed by atoms with Crippen molar-refractivity contribution in [1.82, 2.24) is 20.4 Å². The summed E-state index contributed by atoms with van der Waals surface area (Å²) in [5, 5.41) is 11.3. The van der Waals surface area contributed by atoms with E-state index in [9.17, 15) is 4.79 Å². The highest BCUT2D eigenvalue weighted by Gasteiger charge is 2.25. The molecule has 33 heavy (non-hydrogen) atoms. The minimum Gasteiger partial charge on any atom is -0.497 e. The number of anilines is 1. The minimum atomic E-state index is -0.0849. The number of aromatic amines is 1. The molecule has 1 aliphatic carbocycles. The van der Waals surface area contributed by atoms with Crippen molar-refractivity contribution >= 4 is 23.2 Å². The molecule has 0 unspecified atom stereocenters. The number of hydrogen-bond acceptors (Lipinski definition) is 5. The molecule has 0 bridgehead atoms. The van der Waals surface area contributed by atoms with Gasteiger partial charge < -0.3 is 15.0 Å². The topological polar surface area (TPSA) is 73.5 Å². The minimum absolute atomic E-state index is 0.0849. The number of halogens is 1. The number of aromatic nitrogens is 2. The lowest BCUT2D eigenvalue weighted by atomic mass is 9.89. The second-order valence-electron chi connectivity index (χ2n) is 8.51. The molecule has 2 aromatic carbocycles. The number of benzene rings is 2. The van der Waals surface area contributed by atoms with Crippen molar-refractivity contribution in [3.05, 3.63) is 64.3 Å². The van der Waals surface area contributed by atoms with Crippen molar-refractivity contribution < 1.29 is 9.53 Å². The smallest absolute Gasteiger partial charge is 0.269 e. The summed E-state index contributed by atoms with van der Waals surface area (Å²) in [6.07, 6.45) is 1.66. The van der Waals surface area contributed by atoms with Crippen LogP contribution in [0.25, 0.3) is 11.3 Å². The van der Waals surface area contributed by atoms with E-state index in [-0.39, 0.29) is 5.91 Å². The van der Waals surface area contributed by atoms with Crippen LogP contribution >= 0.6 is 11.6 Å². The third kappa shape index (κ3) is 4.56. The molecule has 3 aromatic rings. The van der Waals surface area contributed by atoms with Gasteiger partial charge in [-0.3, -0.25) is 14.8 Å². The molecule has 0 radical (unpaired) electrons. The maximum Gasteiger partial charge on any atom is 0.269 e. The Hall–Kier alpha value is -3.03. The van der Waals surface area contributed by atoms with E-state index in [2.05, 4.69) is 37.4 Å². The normalized spacial score (nSPS) is 15.6. The Kier molecular flexibility index (Phi) is 6.24. The number of piperazine rings is 1. The van der Waals surface area contributed by atoms with Gasteiger partial charge in [-0.25, -0.2) is 0 Å². The van der Waals surface area contributed by atoms with Crippen LogP contribution in [-0.4, -0.2) is 67.4 Å². The van der Waals surface area contributed by atoms with Gasteiger partial charge in [0, 0.05) is 61.1 Å². The fraction of sp³-hybridized carbons (Fsp3) is 0.360. The molecule has 5 rings (SSSR count). The van der Waals surface area contributed by atoms with Crippen LogP contribution in [-0.2, 0) is 12.8 Å². The molecule has 2 aliphatic rings. The molecular formula is C25H28ClN5O2. The number of fused-ring (bicyclic) bond motifs is 3. The Morgan fingerprint density at radius 3 is 2.79 bits per heavy atom. The van der Waals surface area contributed by atoms with Gasteiger partial charge in [-0.15, -0.1) is 0 Å². The van der Waals surface area contributed by atoms with Gasteiger partial charge in [-0.2, -0.15) is 5.10 Å². The van der Waals surface area contributed by atoms with Crippen molar-refractivity contribution in [2.45, 2.75) is 12.8 Å². The average Bonchev–Trinajstić information content (AvgIpc) is 3.29. The number of aryl methyl sites for hydroxylation is 1. The Labute approximate surface area is 198 Å². The number of amides is 1. The predicted molar refractivity (Wildman–Crippen MR) is 130 cm³/mol. The van der Waals surface area contributed by atoms with Crippen molar-refractivity contribution in [1.29, 1.82) is 0 Å². The van der Waals surface area contributed by atoms with Gasteiger partial charge >= 0.3 is 0 Å². The van der Waals surface area contributed by atoms with Crippen molar-refractivity contribution in [2.75, 3.05) is 51.3 Å². The number of hydrogen-bond donors (Lipinski definition) is 2. The maximum absolute atomic E-state index is 12.9. The highest BCUT2D eigenvalue weighted by molar-refractivity contribution is 6.30. The molecule has 2 N–H and O–H groups in total. The average molecular weight is 466 g/mol. The molecule has 1 aliphatic heterocycles. The van der Waals surface area contributed by atoms with E-state index in [0.717, 1.165) is 73.2 Å². The van der Waals surface area contributed by atoms with Crippen LogP contribution < -0.4 is 15.0 Å². The third-order valence-electron chi connectivity index (χ3n) is 6.57. The zero-order valence-corrected chi connectivity index (χ0v) is 19.5. The molecule has 0 saturated carbocycles. The van der Waals surface area contributed by atoms with E-state index in [1.165, 1.54) is 11.3 Å². The largest absolute Gasteiger partial charge is 0.497 e. The third-order valence-corrected chi connectivity index (χ3v) is 6.80. The number of nitrogens with zero attached hydrogens (tertiary/aromatic N) is 3. The van der Waals surface area contributed by atoms with E-state index in [4.69, 9.17) is 16.3 Å². The van der Waals surface area contributed by atoms with Crippen molar-refractivity contribution in [3.8, 4) is 17.0 Å². The summed E-state index contributed by atoms with van der Waals surface area (Å²) in [6, 6.07) is 14.0. The summed E-state index contributed by atoms with van der Waals surface area (Å²) < 4.78 is 5.33. The Balaban J connectivity index is 1.14. The van der Waals surface area contributed by atoms with Crippen molar-refractivity contribution in [2.24, 2.45) is 0 Å². The number of rotatable bonds is 6.